The van der Waals surface area contributed by atoms with Crippen LogP contribution in [-0.2, 0) is 28.5 Å². The van der Waals surface area contributed by atoms with Crippen LogP contribution in [0, 0.1) is 0 Å². The molecule has 166 valence electrons. The van der Waals surface area contributed by atoms with E-state index >= 15 is 4.39 Å². The third-order valence-electron chi connectivity index (χ3n) is 4.74. The Morgan fingerprint density at radius 1 is 1.03 bits per heavy atom. The first kappa shape index (κ1) is 22.9. The second-order valence-corrected chi connectivity index (χ2v) is 8.71. The summed E-state index contributed by atoms with van der Waals surface area (Å²) in [6.45, 7) is 1.01. The van der Waals surface area contributed by atoms with Crippen LogP contribution in [-0.4, -0.2) is 51.8 Å². The Balaban J connectivity index is 2.04. The fourth-order valence-electron chi connectivity index (χ4n) is 3.26. The van der Waals surface area contributed by atoms with Gasteiger partial charge in [-0.15, -0.1) is 0 Å². The standard InChI is InChI=1S/C21H21FO8S/c1-21(22)17(29-18(23)13-9-5-4-6-10-13)16(28-20(21)30-31(3,25)26)14-11-7-8-12-15(14)19(24)27-2/h4-12,16-17,20H,1-3H3/t16-,17-,20?,21-/m1/s1. The van der Waals surface area contributed by atoms with Crippen molar-refractivity contribution in [2.75, 3.05) is 13.4 Å². The molecule has 10 heteroatoms. The van der Waals surface area contributed by atoms with Crippen molar-refractivity contribution in [1.29, 1.82) is 0 Å². The molecule has 2 aromatic carbocycles. The first-order valence-electron chi connectivity index (χ1n) is 9.20. The molecule has 0 bridgehead atoms. The molecule has 0 radical (unpaired) electrons. The number of methoxy groups -OCH3 is 1. The molecule has 0 aliphatic carbocycles. The summed E-state index contributed by atoms with van der Waals surface area (Å²) >= 11 is 0. The largest absolute Gasteiger partial charge is 0.465 e. The Morgan fingerprint density at radius 3 is 2.26 bits per heavy atom. The van der Waals surface area contributed by atoms with Crippen LogP contribution in [0.2, 0.25) is 0 Å². The second-order valence-electron chi connectivity index (χ2n) is 7.11. The molecule has 2 aromatic rings. The lowest BCUT2D eigenvalue weighted by molar-refractivity contribution is -0.118. The van der Waals surface area contributed by atoms with Gasteiger partial charge in [0.15, 0.2) is 11.8 Å². The van der Waals surface area contributed by atoms with Gasteiger partial charge in [0.1, 0.15) is 6.10 Å². The minimum Gasteiger partial charge on any atom is -0.465 e. The van der Waals surface area contributed by atoms with Crippen molar-refractivity contribution in [3.05, 3.63) is 71.3 Å². The average molecular weight is 452 g/mol. The van der Waals surface area contributed by atoms with Gasteiger partial charge in [0.05, 0.1) is 24.5 Å². The van der Waals surface area contributed by atoms with E-state index in [-0.39, 0.29) is 16.7 Å². The highest BCUT2D eigenvalue weighted by Gasteiger charge is 2.60. The lowest BCUT2D eigenvalue weighted by Gasteiger charge is -2.27. The van der Waals surface area contributed by atoms with Crippen LogP contribution in [0.5, 0.6) is 0 Å². The van der Waals surface area contributed by atoms with Gasteiger partial charge in [0.2, 0.25) is 6.29 Å². The van der Waals surface area contributed by atoms with Crippen LogP contribution < -0.4 is 0 Å². The van der Waals surface area contributed by atoms with Crippen molar-refractivity contribution >= 4 is 22.1 Å². The zero-order valence-corrected chi connectivity index (χ0v) is 17.8. The molecule has 0 N–H and O–H groups in total. The fraction of sp³-hybridized carbons (Fsp3) is 0.333. The van der Waals surface area contributed by atoms with Crippen molar-refractivity contribution in [3.8, 4) is 0 Å². The van der Waals surface area contributed by atoms with Gasteiger partial charge < -0.3 is 14.2 Å². The number of rotatable bonds is 6. The molecule has 3 rings (SSSR count). The molecule has 1 unspecified atom stereocenters. The minimum absolute atomic E-state index is 0.0477. The van der Waals surface area contributed by atoms with Crippen molar-refractivity contribution in [2.45, 2.75) is 31.1 Å². The summed E-state index contributed by atoms with van der Waals surface area (Å²) in [5.41, 5.74) is -2.21. The number of carbonyl (C=O) groups is 2. The van der Waals surface area contributed by atoms with Crippen molar-refractivity contribution in [2.24, 2.45) is 0 Å². The first-order chi connectivity index (χ1) is 14.5. The number of benzene rings is 2. The SMILES string of the molecule is COC(=O)c1ccccc1[C@H]1OC(OS(C)(=O)=O)[C@](C)(F)[C@@H]1OC(=O)c1ccccc1. The number of esters is 2. The number of hydrogen-bond acceptors (Lipinski definition) is 8. The Morgan fingerprint density at radius 2 is 1.65 bits per heavy atom. The highest BCUT2D eigenvalue weighted by molar-refractivity contribution is 7.86. The van der Waals surface area contributed by atoms with E-state index in [4.69, 9.17) is 18.4 Å². The molecule has 1 aliphatic rings. The zero-order valence-electron chi connectivity index (χ0n) is 17.0. The van der Waals surface area contributed by atoms with Crippen LogP contribution in [0.25, 0.3) is 0 Å². The zero-order chi connectivity index (χ0) is 22.8. The Bertz CT molecular complexity index is 1070. The normalized spacial score (nSPS) is 25.7. The molecule has 31 heavy (non-hydrogen) atoms. The number of hydrogen-bond donors (Lipinski definition) is 0. The van der Waals surface area contributed by atoms with Gasteiger partial charge in [-0.2, -0.15) is 8.42 Å². The first-order valence-corrected chi connectivity index (χ1v) is 11.0. The molecule has 1 saturated heterocycles. The maximum atomic E-state index is 15.8. The molecule has 1 aliphatic heterocycles. The second kappa shape index (κ2) is 8.74. The van der Waals surface area contributed by atoms with Crippen LogP contribution in [0.4, 0.5) is 4.39 Å². The summed E-state index contributed by atoms with van der Waals surface area (Å²) in [6.07, 6.45) is -4.14. The molecule has 0 aromatic heterocycles. The van der Waals surface area contributed by atoms with E-state index in [2.05, 4.69) is 0 Å². The number of halogens is 1. The monoisotopic (exact) mass is 452 g/mol. The summed E-state index contributed by atoms with van der Waals surface area (Å²) in [7, 11) is -2.94. The summed E-state index contributed by atoms with van der Waals surface area (Å²) < 4.78 is 59.6. The van der Waals surface area contributed by atoms with Crippen LogP contribution in [0.3, 0.4) is 0 Å². The summed E-state index contributed by atoms with van der Waals surface area (Å²) in [5.74, 6) is -1.57. The lowest BCUT2D eigenvalue weighted by Crippen LogP contribution is -2.44. The average Bonchev–Trinajstić information content (AvgIpc) is 2.96. The summed E-state index contributed by atoms with van der Waals surface area (Å²) in [5, 5.41) is 0. The molecule has 0 spiro atoms. The lowest BCUT2D eigenvalue weighted by atomic mass is 9.92. The molecule has 4 atom stereocenters. The summed E-state index contributed by atoms with van der Waals surface area (Å²) in [6, 6.07) is 13.9. The van der Waals surface area contributed by atoms with E-state index < -0.39 is 46.2 Å². The van der Waals surface area contributed by atoms with Crippen LogP contribution in [0.1, 0.15) is 39.3 Å². The smallest absolute Gasteiger partial charge is 0.338 e. The molecule has 8 nitrogen and oxygen atoms in total. The van der Waals surface area contributed by atoms with Gasteiger partial charge in [-0.3, -0.25) is 0 Å². The van der Waals surface area contributed by atoms with E-state index in [0.29, 0.717) is 0 Å². The number of alkyl halides is 1. The van der Waals surface area contributed by atoms with E-state index in [1.165, 1.54) is 31.4 Å². The highest BCUT2D eigenvalue weighted by Crippen LogP contribution is 2.46. The van der Waals surface area contributed by atoms with E-state index in [9.17, 15) is 18.0 Å². The maximum absolute atomic E-state index is 15.8. The number of carbonyl (C=O) groups excluding carboxylic acids is 2. The minimum atomic E-state index is -4.12. The Hall–Kier alpha value is -2.82. The Labute approximate surface area is 179 Å². The third-order valence-corrected chi connectivity index (χ3v) is 5.27. The topological polar surface area (TPSA) is 105 Å². The van der Waals surface area contributed by atoms with Gasteiger partial charge in [0.25, 0.3) is 10.1 Å². The van der Waals surface area contributed by atoms with Crippen molar-refractivity contribution < 1.29 is 40.8 Å². The fourth-order valence-corrected chi connectivity index (χ4v) is 3.81. The van der Waals surface area contributed by atoms with Gasteiger partial charge in [0, 0.05) is 0 Å². The van der Waals surface area contributed by atoms with E-state index in [1.807, 2.05) is 0 Å². The highest BCUT2D eigenvalue weighted by atomic mass is 32.2. The van der Waals surface area contributed by atoms with Gasteiger partial charge in [-0.25, -0.2) is 18.2 Å². The predicted molar refractivity (Wildman–Crippen MR) is 106 cm³/mol. The molecule has 0 amide bonds. The van der Waals surface area contributed by atoms with Crippen molar-refractivity contribution in [1.82, 2.24) is 0 Å². The molecular weight excluding hydrogens is 431 g/mol. The van der Waals surface area contributed by atoms with E-state index in [0.717, 1.165) is 13.2 Å². The predicted octanol–water partition coefficient (Wildman–Crippen LogP) is 2.80. The van der Waals surface area contributed by atoms with Gasteiger partial charge in [-0.05, 0) is 30.7 Å². The Kier molecular flexibility index (Phi) is 6.44. The van der Waals surface area contributed by atoms with Crippen LogP contribution >= 0.6 is 0 Å². The third kappa shape index (κ3) is 4.92. The molecule has 1 fully saturated rings. The molecular formula is C21H21FO8S. The summed E-state index contributed by atoms with van der Waals surface area (Å²) in [4.78, 5) is 24.8. The van der Waals surface area contributed by atoms with Gasteiger partial charge in [-0.1, -0.05) is 36.4 Å². The maximum Gasteiger partial charge on any atom is 0.338 e. The van der Waals surface area contributed by atoms with Gasteiger partial charge >= 0.3 is 11.9 Å². The number of ether oxygens (including phenoxy) is 3. The van der Waals surface area contributed by atoms with Crippen molar-refractivity contribution in [3.63, 3.8) is 0 Å². The molecule has 0 saturated carbocycles. The molecule has 1 heterocycles. The van der Waals surface area contributed by atoms with E-state index in [1.54, 1.807) is 30.3 Å². The quantitative estimate of drug-likeness (QED) is 0.487. The van der Waals surface area contributed by atoms with Crippen LogP contribution in [0.15, 0.2) is 54.6 Å².